The molecule has 3 aromatic rings. The minimum absolute atomic E-state index is 0.00817. The van der Waals surface area contributed by atoms with Crippen molar-refractivity contribution in [3.05, 3.63) is 58.1 Å². The first kappa shape index (κ1) is 22.6. The zero-order valence-electron chi connectivity index (χ0n) is 15.1. The number of thioether (sulfide) groups is 1. The van der Waals surface area contributed by atoms with Gasteiger partial charge in [0, 0.05) is 11.8 Å². The van der Waals surface area contributed by atoms with Gasteiger partial charge in [0.2, 0.25) is 9.84 Å². The number of pyridine rings is 1. The third-order valence-electron chi connectivity index (χ3n) is 3.99. The van der Waals surface area contributed by atoms with Crippen LogP contribution in [0.2, 0.25) is 5.02 Å². The lowest BCUT2D eigenvalue weighted by Crippen LogP contribution is -2.09. The molecule has 0 radical (unpaired) electrons. The molecule has 2 aromatic heterocycles. The summed E-state index contributed by atoms with van der Waals surface area (Å²) < 4.78 is 65.3. The number of sulfone groups is 1. The number of hydrogen-bond acceptors (Lipinski definition) is 6. The van der Waals surface area contributed by atoms with Crippen LogP contribution in [0, 0.1) is 5.41 Å². The average Bonchev–Trinajstić information content (AvgIpc) is 3.13. The van der Waals surface area contributed by atoms with Gasteiger partial charge in [-0.1, -0.05) is 23.7 Å². The molecule has 30 heavy (non-hydrogen) atoms. The molecule has 3 N–H and O–H groups in total. The van der Waals surface area contributed by atoms with E-state index in [2.05, 4.69) is 4.98 Å². The van der Waals surface area contributed by atoms with Crippen molar-refractivity contribution in [1.82, 2.24) is 4.98 Å². The van der Waals surface area contributed by atoms with E-state index in [1.807, 2.05) is 0 Å². The normalized spacial score (nSPS) is 12.2. The molecule has 1 aromatic carbocycles. The lowest BCUT2D eigenvalue weighted by Gasteiger charge is -2.10. The Morgan fingerprint density at radius 1 is 1.27 bits per heavy atom. The Labute approximate surface area is 183 Å². The van der Waals surface area contributed by atoms with Crippen LogP contribution in [0.3, 0.4) is 0 Å². The van der Waals surface area contributed by atoms with E-state index in [1.165, 1.54) is 42.1 Å². The zero-order chi connectivity index (χ0) is 22.3. The van der Waals surface area contributed by atoms with Gasteiger partial charge in [0.05, 0.1) is 35.2 Å². The largest absolute Gasteiger partial charge is 0.417 e. The molecule has 2 heterocycles. The van der Waals surface area contributed by atoms with E-state index in [0.29, 0.717) is 15.3 Å². The van der Waals surface area contributed by atoms with Gasteiger partial charge in [-0.05, 0) is 30.5 Å². The molecule has 0 saturated carbocycles. The molecule has 0 bridgehead atoms. The second-order valence-corrected chi connectivity index (χ2v) is 10.4. The van der Waals surface area contributed by atoms with Crippen molar-refractivity contribution in [2.45, 2.75) is 20.2 Å². The van der Waals surface area contributed by atoms with Crippen molar-refractivity contribution in [3.63, 3.8) is 0 Å². The number of nitrogens with two attached hydrogens (primary N) is 1. The third kappa shape index (κ3) is 4.34. The van der Waals surface area contributed by atoms with Gasteiger partial charge < -0.3 is 5.73 Å². The first-order valence-corrected chi connectivity index (χ1v) is 12.0. The lowest BCUT2D eigenvalue weighted by molar-refractivity contribution is -0.137. The van der Waals surface area contributed by atoms with Crippen LogP contribution >= 0.6 is 34.7 Å². The van der Waals surface area contributed by atoms with Crippen molar-refractivity contribution in [3.8, 4) is 11.3 Å². The Hall–Kier alpha value is -2.08. The molecule has 0 unspecified atom stereocenters. The first-order chi connectivity index (χ1) is 13.9. The molecule has 0 aliphatic rings. The molecule has 12 heteroatoms. The summed E-state index contributed by atoms with van der Waals surface area (Å²) in [5.41, 5.74) is 4.76. The fourth-order valence-corrected chi connectivity index (χ4v) is 6.74. The second kappa shape index (κ2) is 8.22. The highest BCUT2D eigenvalue weighted by Crippen LogP contribution is 2.38. The molecule has 0 amide bonds. The first-order valence-electron chi connectivity index (χ1n) is 8.05. The summed E-state index contributed by atoms with van der Waals surface area (Å²) in [7, 11) is -3.98. The summed E-state index contributed by atoms with van der Waals surface area (Å²) in [6, 6.07) is 7.71. The molecule has 0 atom stereocenters. The van der Waals surface area contributed by atoms with Gasteiger partial charge in [-0.25, -0.2) is 8.42 Å². The number of rotatable bonds is 5. The third-order valence-corrected chi connectivity index (χ3v) is 8.62. The van der Waals surface area contributed by atoms with Gasteiger partial charge in [0.15, 0.2) is 0 Å². The number of halogens is 4. The maximum atomic E-state index is 13.2. The SMILES string of the molecule is CSc1sc(C(=N)N)cc1S(=O)(=O)c1cccc(-c2ncc(C(F)(F)F)cc2Cl)c1. The summed E-state index contributed by atoms with van der Waals surface area (Å²) in [4.78, 5) is 4.02. The number of thiophene rings is 1. The molecular formula is C18H13ClF3N3O2S3. The maximum Gasteiger partial charge on any atom is 0.417 e. The average molecular weight is 492 g/mol. The number of benzene rings is 1. The van der Waals surface area contributed by atoms with E-state index < -0.39 is 21.6 Å². The number of nitrogens with zero attached hydrogens (tertiary/aromatic N) is 1. The topological polar surface area (TPSA) is 96.9 Å². The minimum atomic E-state index is -4.60. The predicted molar refractivity (Wildman–Crippen MR) is 112 cm³/mol. The van der Waals surface area contributed by atoms with Gasteiger partial charge in [0.1, 0.15) is 5.84 Å². The smallest absolute Gasteiger partial charge is 0.383 e. The van der Waals surface area contributed by atoms with Crippen LogP contribution in [0.1, 0.15) is 10.4 Å². The fraction of sp³-hybridized carbons (Fsp3) is 0.111. The molecule has 0 fully saturated rings. The Kier molecular flexibility index (Phi) is 6.19. The van der Waals surface area contributed by atoms with Gasteiger partial charge in [-0.2, -0.15) is 13.2 Å². The van der Waals surface area contributed by atoms with E-state index in [1.54, 1.807) is 6.26 Å². The van der Waals surface area contributed by atoms with Gasteiger partial charge in [-0.3, -0.25) is 10.4 Å². The van der Waals surface area contributed by atoms with Crippen molar-refractivity contribution in [2.24, 2.45) is 5.73 Å². The van der Waals surface area contributed by atoms with Crippen LogP contribution in [-0.4, -0.2) is 25.5 Å². The molecule has 3 rings (SSSR count). The van der Waals surface area contributed by atoms with Gasteiger partial charge >= 0.3 is 6.18 Å². The number of amidine groups is 1. The minimum Gasteiger partial charge on any atom is -0.383 e. The summed E-state index contributed by atoms with van der Waals surface area (Å²) in [5.74, 6) is -0.244. The van der Waals surface area contributed by atoms with Gasteiger partial charge in [-0.15, -0.1) is 23.1 Å². The van der Waals surface area contributed by atoms with Crippen molar-refractivity contribution < 1.29 is 21.6 Å². The number of hydrogen-bond donors (Lipinski definition) is 2. The lowest BCUT2D eigenvalue weighted by atomic mass is 10.1. The van der Waals surface area contributed by atoms with E-state index in [9.17, 15) is 21.6 Å². The van der Waals surface area contributed by atoms with Crippen LogP contribution in [0.25, 0.3) is 11.3 Å². The number of alkyl halides is 3. The Balaban J connectivity index is 2.09. The van der Waals surface area contributed by atoms with Crippen LogP contribution in [0.15, 0.2) is 56.6 Å². The Bertz CT molecular complexity index is 1240. The monoisotopic (exact) mass is 491 g/mol. The highest BCUT2D eigenvalue weighted by atomic mass is 35.5. The Morgan fingerprint density at radius 3 is 2.53 bits per heavy atom. The summed E-state index contributed by atoms with van der Waals surface area (Å²) >= 11 is 8.29. The van der Waals surface area contributed by atoms with Crippen LogP contribution in [0.4, 0.5) is 13.2 Å². The van der Waals surface area contributed by atoms with E-state index >= 15 is 0 Å². The van der Waals surface area contributed by atoms with Crippen molar-refractivity contribution in [2.75, 3.05) is 6.26 Å². The highest BCUT2D eigenvalue weighted by molar-refractivity contribution is 8.01. The molecular weight excluding hydrogens is 479 g/mol. The molecule has 0 aliphatic heterocycles. The molecule has 0 spiro atoms. The number of nitrogens with one attached hydrogen (secondary N) is 1. The molecule has 0 saturated heterocycles. The van der Waals surface area contributed by atoms with Crippen LogP contribution < -0.4 is 5.73 Å². The second-order valence-electron chi connectivity index (χ2n) is 5.96. The molecule has 0 aliphatic carbocycles. The Morgan fingerprint density at radius 2 is 1.97 bits per heavy atom. The quantitative estimate of drug-likeness (QED) is 0.286. The maximum absolute atomic E-state index is 13.2. The number of nitrogen functional groups attached to an aromatic ring is 1. The van der Waals surface area contributed by atoms with E-state index in [4.69, 9.17) is 22.7 Å². The standard InChI is InChI=1S/C18H13ClF3N3O2S3/c1-28-17-14(7-13(29-17)16(23)24)30(26,27)11-4-2-3-9(5-11)15-12(19)6-10(8-25-15)18(20,21)22/h2-8H,1H3,(H3,23,24). The van der Waals surface area contributed by atoms with Crippen LogP contribution in [0.5, 0.6) is 0 Å². The highest BCUT2D eigenvalue weighted by Gasteiger charge is 2.32. The van der Waals surface area contributed by atoms with Gasteiger partial charge in [0.25, 0.3) is 0 Å². The summed E-state index contributed by atoms with van der Waals surface area (Å²) in [6.45, 7) is 0. The van der Waals surface area contributed by atoms with Crippen molar-refractivity contribution in [1.29, 1.82) is 5.41 Å². The van der Waals surface area contributed by atoms with Crippen molar-refractivity contribution >= 4 is 50.4 Å². The zero-order valence-corrected chi connectivity index (χ0v) is 18.3. The summed E-state index contributed by atoms with van der Waals surface area (Å²) in [6.07, 6.45) is -2.24. The van der Waals surface area contributed by atoms with E-state index in [-0.39, 0.29) is 31.9 Å². The molecule has 5 nitrogen and oxygen atoms in total. The molecule has 158 valence electrons. The summed E-state index contributed by atoms with van der Waals surface area (Å²) in [5, 5.41) is 7.29. The van der Waals surface area contributed by atoms with Crippen LogP contribution in [-0.2, 0) is 16.0 Å². The predicted octanol–water partition coefficient (Wildman–Crippen LogP) is 5.32. The fourth-order valence-electron chi connectivity index (χ4n) is 2.56. The van der Waals surface area contributed by atoms with E-state index in [0.717, 1.165) is 17.4 Å². The number of aromatic nitrogens is 1.